The van der Waals surface area contributed by atoms with Crippen molar-refractivity contribution in [1.29, 1.82) is 0 Å². The first-order valence-corrected chi connectivity index (χ1v) is 5.28. The number of halogens is 1. The number of hydrogen-bond acceptors (Lipinski definition) is 2. The zero-order chi connectivity index (χ0) is 10.8. The van der Waals surface area contributed by atoms with Crippen molar-refractivity contribution in [2.45, 2.75) is 6.92 Å². The van der Waals surface area contributed by atoms with Gasteiger partial charge in [0, 0.05) is 4.47 Å². The summed E-state index contributed by atoms with van der Waals surface area (Å²) in [6.45, 7) is 1.86. The van der Waals surface area contributed by atoms with Crippen LogP contribution in [0, 0.1) is 6.92 Å². The molecule has 1 aromatic carbocycles. The molecule has 0 aliphatic rings. The molecule has 1 heterocycles. The lowest BCUT2D eigenvalue weighted by molar-refractivity contribution is 0.111. The third-order valence-corrected chi connectivity index (χ3v) is 2.58. The second-order valence-corrected chi connectivity index (χ2v) is 4.13. The molecule has 0 saturated carbocycles. The van der Waals surface area contributed by atoms with E-state index in [0.29, 0.717) is 5.69 Å². The van der Waals surface area contributed by atoms with Gasteiger partial charge in [-0.15, -0.1) is 0 Å². The van der Waals surface area contributed by atoms with Gasteiger partial charge in [-0.1, -0.05) is 15.9 Å². The zero-order valence-electron chi connectivity index (χ0n) is 8.14. The first-order valence-electron chi connectivity index (χ1n) is 4.48. The van der Waals surface area contributed by atoms with Crippen LogP contribution in [0.25, 0.3) is 5.69 Å². The van der Waals surface area contributed by atoms with Crippen LogP contribution in [0.2, 0.25) is 0 Å². The van der Waals surface area contributed by atoms with Crippen LogP contribution < -0.4 is 0 Å². The minimum Gasteiger partial charge on any atom is -0.296 e. The Morgan fingerprint density at radius 3 is 2.60 bits per heavy atom. The molecule has 0 aliphatic heterocycles. The fourth-order valence-corrected chi connectivity index (χ4v) is 1.66. The van der Waals surface area contributed by atoms with Crippen molar-refractivity contribution >= 4 is 22.2 Å². The number of carbonyl (C=O) groups is 1. The maximum Gasteiger partial charge on any atom is 0.168 e. The fraction of sp³-hybridized carbons (Fsp3) is 0.0909. The molecule has 4 heteroatoms. The Kier molecular flexibility index (Phi) is 2.68. The molecule has 0 fully saturated rings. The minimum absolute atomic E-state index is 0.565. The normalized spacial score (nSPS) is 10.3. The summed E-state index contributed by atoms with van der Waals surface area (Å²) in [5.41, 5.74) is 2.28. The van der Waals surface area contributed by atoms with Crippen molar-refractivity contribution < 1.29 is 4.79 Å². The first-order chi connectivity index (χ1) is 7.20. The van der Waals surface area contributed by atoms with Gasteiger partial charge in [-0.3, -0.25) is 4.79 Å². The van der Waals surface area contributed by atoms with E-state index >= 15 is 0 Å². The summed E-state index contributed by atoms with van der Waals surface area (Å²) in [5.74, 6) is 0. The van der Waals surface area contributed by atoms with Gasteiger partial charge in [0.2, 0.25) is 0 Å². The monoisotopic (exact) mass is 264 g/mol. The Bertz CT molecular complexity index is 488. The number of rotatable bonds is 2. The maximum absolute atomic E-state index is 10.8. The van der Waals surface area contributed by atoms with E-state index in [1.165, 1.54) is 0 Å². The van der Waals surface area contributed by atoms with E-state index in [1.54, 1.807) is 10.7 Å². The van der Waals surface area contributed by atoms with E-state index in [-0.39, 0.29) is 0 Å². The Hall–Kier alpha value is -1.42. The highest BCUT2D eigenvalue weighted by atomic mass is 79.9. The molecule has 0 spiro atoms. The van der Waals surface area contributed by atoms with Gasteiger partial charge < -0.3 is 0 Å². The average Bonchev–Trinajstić information content (AvgIpc) is 2.61. The highest BCUT2D eigenvalue weighted by molar-refractivity contribution is 9.10. The highest BCUT2D eigenvalue weighted by Gasteiger charge is 2.05. The van der Waals surface area contributed by atoms with Crippen molar-refractivity contribution in [2.75, 3.05) is 0 Å². The van der Waals surface area contributed by atoms with Gasteiger partial charge in [0.25, 0.3) is 0 Å². The molecule has 0 atom stereocenters. The number of aromatic nitrogens is 2. The molecule has 0 aliphatic carbocycles. The molecule has 2 aromatic rings. The number of carbonyl (C=O) groups excluding carboxylic acids is 1. The van der Waals surface area contributed by atoms with Crippen molar-refractivity contribution in [3.8, 4) is 5.69 Å². The Labute approximate surface area is 95.9 Å². The van der Waals surface area contributed by atoms with Crippen LogP contribution in [0.15, 0.2) is 34.8 Å². The number of hydrogen-bond donors (Lipinski definition) is 0. The molecule has 0 bridgehead atoms. The SMILES string of the molecule is Cc1cc(C=O)n(-c2ccc(Br)cc2)n1. The summed E-state index contributed by atoms with van der Waals surface area (Å²) in [6.07, 6.45) is 0.808. The van der Waals surface area contributed by atoms with Gasteiger partial charge in [0.05, 0.1) is 11.4 Å². The van der Waals surface area contributed by atoms with E-state index in [9.17, 15) is 4.79 Å². The molecular weight excluding hydrogens is 256 g/mol. The van der Waals surface area contributed by atoms with E-state index in [2.05, 4.69) is 21.0 Å². The molecule has 3 nitrogen and oxygen atoms in total. The minimum atomic E-state index is 0.565. The summed E-state index contributed by atoms with van der Waals surface area (Å²) < 4.78 is 2.64. The molecule has 15 heavy (non-hydrogen) atoms. The van der Waals surface area contributed by atoms with Crippen molar-refractivity contribution in [3.05, 3.63) is 46.2 Å². The summed E-state index contributed by atoms with van der Waals surface area (Å²) >= 11 is 3.36. The highest BCUT2D eigenvalue weighted by Crippen LogP contribution is 2.15. The van der Waals surface area contributed by atoms with Gasteiger partial charge in [0.1, 0.15) is 5.69 Å². The smallest absolute Gasteiger partial charge is 0.168 e. The Balaban J connectivity index is 2.52. The number of benzene rings is 1. The van der Waals surface area contributed by atoms with E-state index in [1.807, 2.05) is 31.2 Å². The molecular formula is C11H9BrN2O. The van der Waals surface area contributed by atoms with Gasteiger partial charge in [-0.25, -0.2) is 4.68 Å². The average molecular weight is 265 g/mol. The van der Waals surface area contributed by atoms with Gasteiger partial charge in [0.15, 0.2) is 6.29 Å². The lowest BCUT2D eigenvalue weighted by Gasteiger charge is -2.02. The number of aryl methyl sites for hydroxylation is 1. The van der Waals surface area contributed by atoms with Crippen LogP contribution in [-0.2, 0) is 0 Å². The largest absolute Gasteiger partial charge is 0.296 e. The van der Waals surface area contributed by atoms with Crippen LogP contribution in [0.1, 0.15) is 16.2 Å². The molecule has 0 radical (unpaired) electrons. The summed E-state index contributed by atoms with van der Waals surface area (Å²) in [5, 5.41) is 4.25. The number of aldehydes is 1. The van der Waals surface area contributed by atoms with Crippen LogP contribution in [0.5, 0.6) is 0 Å². The van der Waals surface area contributed by atoms with Crippen LogP contribution in [0.4, 0.5) is 0 Å². The predicted molar refractivity (Wildman–Crippen MR) is 61.4 cm³/mol. The third kappa shape index (κ3) is 1.99. The quantitative estimate of drug-likeness (QED) is 0.782. The first kappa shape index (κ1) is 10.1. The van der Waals surface area contributed by atoms with E-state index < -0.39 is 0 Å². The van der Waals surface area contributed by atoms with Gasteiger partial charge >= 0.3 is 0 Å². The van der Waals surface area contributed by atoms with Crippen molar-refractivity contribution in [3.63, 3.8) is 0 Å². The van der Waals surface area contributed by atoms with Crippen LogP contribution in [0.3, 0.4) is 0 Å². The van der Waals surface area contributed by atoms with Crippen molar-refractivity contribution in [1.82, 2.24) is 9.78 Å². The third-order valence-electron chi connectivity index (χ3n) is 2.05. The summed E-state index contributed by atoms with van der Waals surface area (Å²) in [4.78, 5) is 10.8. The molecule has 0 amide bonds. The Morgan fingerprint density at radius 1 is 1.33 bits per heavy atom. The predicted octanol–water partition coefficient (Wildman–Crippen LogP) is 2.76. The molecule has 2 rings (SSSR count). The van der Waals surface area contributed by atoms with Crippen molar-refractivity contribution in [2.24, 2.45) is 0 Å². The molecule has 76 valence electrons. The summed E-state index contributed by atoms with van der Waals surface area (Å²) in [7, 11) is 0. The van der Waals surface area contributed by atoms with Crippen LogP contribution in [-0.4, -0.2) is 16.1 Å². The zero-order valence-corrected chi connectivity index (χ0v) is 9.73. The van der Waals surface area contributed by atoms with E-state index in [0.717, 1.165) is 22.1 Å². The summed E-state index contributed by atoms with van der Waals surface area (Å²) in [6, 6.07) is 9.41. The standard InChI is InChI=1S/C11H9BrN2O/c1-8-6-11(7-15)14(13-8)10-4-2-9(12)3-5-10/h2-7H,1H3. The number of nitrogens with zero attached hydrogens (tertiary/aromatic N) is 2. The second-order valence-electron chi connectivity index (χ2n) is 3.22. The lowest BCUT2D eigenvalue weighted by Crippen LogP contribution is -2.00. The molecule has 0 saturated heterocycles. The molecule has 0 N–H and O–H groups in total. The lowest BCUT2D eigenvalue weighted by atomic mass is 10.3. The topological polar surface area (TPSA) is 34.9 Å². The second kappa shape index (κ2) is 3.98. The van der Waals surface area contributed by atoms with Gasteiger partial charge in [-0.05, 0) is 37.3 Å². The van der Waals surface area contributed by atoms with Crippen LogP contribution >= 0.6 is 15.9 Å². The molecule has 1 aromatic heterocycles. The van der Waals surface area contributed by atoms with E-state index in [4.69, 9.17) is 0 Å². The van der Waals surface area contributed by atoms with Gasteiger partial charge in [-0.2, -0.15) is 5.10 Å². The molecule has 0 unspecified atom stereocenters. The Morgan fingerprint density at radius 2 is 2.00 bits per heavy atom. The maximum atomic E-state index is 10.8. The fourth-order valence-electron chi connectivity index (χ4n) is 1.39.